The number of hydrogen-bond acceptors (Lipinski definition) is 4. The lowest BCUT2D eigenvalue weighted by molar-refractivity contribution is -0.128. The monoisotopic (exact) mass is 374 g/mol. The normalized spacial score (nSPS) is 15.2. The van der Waals surface area contributed by atoms with Gasteiger partial charge in [-0.15, -0.1) is 0 Å². The number of nitrogens with one attached hydrogen (secondary N) is 1. The number of amides is 1. The van der Waals surface area contributed by atoms with Gasteiger partial charge >= 0.3 is 0 Å². The van der Waals surface area contributed by atoms with Crippen LogP contribution in [0.1, 0.15) is 16.7 Å². The Balaban J connectivity index is 1.58. The molecule has 5 nitrogen and oxygen atoms in total. The number of benzene rings is 2. The van der Waals surface area contributed by atoms with Crippen LogP contribution in [-0.2, 0) is 11.3 Å². The summed E-state index contributed by atoms with van der Waals surface area (Å²) in [6.07, 6.45) is 1.53. The van der Waals surface area contributed by atoms with Crippen LogP contribution in [0.25, 0.3) is 0 Å². The quantitative estimate of drug-likeness (QED) is 0.643. The van der Waals surface area contributed by atoms with Crippen molar-refractivity contribution in [1.29, 1.82) is 5.26 Å². The van der Waals surface area contributed by atoms with Gasteiger partial charge in [-0.1, -0.05) is 42.5 Å². The SMILES string of the molecule is Cc1ccc(C)c(N/C=C(/C#N)C(=O)N2CCN(Cc3ccccc3)CC2)c1. The maximum atomic E-state index is 12.7. The molecule has 2 aromatic rings. The molecule has 0 unspecified atom stereocenters. The average molecular weight is 374 g/mol. The molecule has 0 atom stereocenters. The number of carbonyl (C=O) groups excluding carboxylic acids is 1. The highest BCUT2D eigenvalue weighted by atomic mass is 16.2. The van der Waals surface area contributed by atoms with Crippen LogP contribution >= 0.6 is 0 Å². The Morgan fingerprint density at radius 1 is 1.11 bits per heavy atom. The highest BCUT2D eigenvalue weighted by Crippen LogP contribution is 2.17. The summed E-state index contributed by atoms with van der Waals surface area (Å²) in [5.74, 6) is -0.209. The molecule has 5 heteroatoms. The summed E-state index contributed by atoms with van der Waals surface area (Å²) in [6.45, 7) is 7.78. The van der Waals surface area contributed by atoms with Gasteiger partial charge in [0.05, 0.1) is 0 Å². The van der Waals surface area contributed by atoms with Crippen LogP contribution < -0.4 is 5.32 Å². The van der Waals surface area contributed by atoms with Crippen molar-refractivity contribution >= 4 is 11.6 Å². The molecule has 0 saturated carbocycles. The smallest absolute Gasteiger partial charge is 0.266 e. The molecule has 0 aromatic heterocycles. The molecule has 28 heavy (non-hydrogen) atoms. The Morgan fingerprint density at radius 2 is 1.82 bits per heavy atom. The minimum atomic E-state index is -0.209. The number of anilines is 1. The van der Waals surface area contributed by atoms with Crippen molar-refractivity contribution in [3.8, 4) is 6.07 Å². The number of hydrogen-bond donors (Lipinski definition) is 1. The van der Waals surface area contributed by atoms with Gasteiger partial charge in [-0.05, 0) is 36.6 Å². The van der Waals surface area contributed by atoms with E-state index in [-0.39, 0.29) is 11.5 Å². The second kappa shape index (κ2) is 9.20. The standard InChI is InChI=1S/C23H26N4O/c1-18-8-9-19(2)22(14-18)25-16-21(15-24)23(28)27-12-10-26(11-13-27)17-20-6-4-3-5-7-20/h3-9,14,16,25H,10-13,17H2,1-2H3/b21-16-. The molecule has 0 spiro atoms. The highest BCUT2D eigenvalue weighted by Gasteiger charge is 2.23. The van der Waals surface area contributed by atoms with Gasteiger partial charge in [0.25, 0.3) is 5.91 Å². The van der Waals surface area contributed by atoms with E-state index >= 15 is 0 Å². The van der Waals surface area contributed by atoms with E-state index in [9.17, 15) is 10.1 Å². The summed E-state index contributed by atoms with van der Waals surface area (Å²) in [6, 6.07) is 18.5. The van der Waals surface area contributed by atoms with E-state index in [1.54, 1.807) is 4.90 Å². The van der Waals surface area contributed by atoms with Crippen molar-refractivity contribution in [2.45, 2.75) is 20.4 Å². The van der Waals surface area contributed by atoms with Crippen LogP contribution in [0, 0.1) is 25.2 Å². The molecule has 0 radical (unpaired) electrons. The molecule has 144 valence electrons. The number of nitrogens with zero attached hydrogens (tertiary/aromatic N) is 3. The van der Waals surface area contributed by atoms with Gasteiger partial charge in [-0.25, -0.2) is 0 Å². The van der Waals surface area contributed by atoms with Crippen LogP contribution in [0.5, 0.6) is 0 Å². The van der Waals surface area contributed by atoms with Crippen LogP contribution in [0.3, 0.4) is 0 Å². The molecule has 0 bridgehead atoms. The Bertz CT molecular complexity index is 891. The fourth-order valence-electron chi connectivity index (χ4n) is 3.30. The first-order valence-corrected chi connectivity index (χ1v) is 9.56. The van der Waals surface area contributed by atoms with Crippen molar-refractivity contribution < 1.29 is 4.79 Å². The fourth-order valence-corrected chi connectivity index (χ4v) is 3.30. The maximum Gasteiger partial charge on any atom is 0.266 e. The maximum absolute atomic E-state index is 12.7. The third-order valence-electron chi connectivity index (χ3n) is 5.02. The van der Waals surface area contributed by atoms with E-state index in [2.05, 4.69) is 22.3 Å². The molecule has 1 saturated heterocycles. The van der Waals surface area contributed by atoms with E-state index in [1.807, 2.05) is 56.3 Å². The van der Waals surface area contributed by atoms with E-state index in [1.165, 1.54) is 11.8 Å². The molecule has 1 amide bonds. The summed E-state index contributed by atoms with van der Waals surface area (Å²) in [5, 5.41) is 12.6. The molecular weight excluding hydrogens is 348 g/mol. The third kappa shape index (κ3) is 4.99. The van der Waals surface area contributed by atoms with Crippen molar-refractivity contribution in [3.63, 3.8) is 0 Å². The molecule has 1 N–H and O–H groups in total. The lowest BCUT2D eigenvalue weighted by Crippen LogP contribution is -2.48. The van der Waals surface area contributed by atoms with Gasteiger partial charge in [0.15, 0.2) is 0 Å². The van der Waals surface area contributed by atoms with E-state index in [0.29, 0.717) is 13.1 Å². The summed E-state index contributed by atoms with van der Waals surface area (Å²) in [5.41, 5.74) is 4.52. The highest BCUT2D eigenvalue weighted by molar-refractivity contribution is 5.97. The molecule has 3 rings (SSSR count). The number of aryl methyl sites for hydroxylation is 2. The van der Waals surface area contributed by atoms with Crippen LogP contribution in [-0.4, -0.2) is 41.9 Å². The lowest BCUT2D eigenvalue weighted by atomic mass is 10.1. The first-order valence-electron chi connectivity index (χ1n) is 9.56. The van der Waals surface area contributed by atoms with E-state index in [0.717, 1.165) is 36.4 Å². The molecular formula is C23H26N4O. The second-order valence-corrected chi connectivity index (χ2v) is 7.19. The number of carbonyl (C=O) groups is 1. The predicted octanol–water partition coefficient (Wildman–Crippen LogP) is 3.47. The zero-order valence-electron chi connectivity index (χ0n) is 16.5. The summed E-state index contributed by atoms with van der Waals surface area (Å²) in [7, 11) is 0. The number of nitriles is 1. The topological polar surface area (TPSA) is 59.4 Å². The summed E-state index contributed by atoms with van der Waals surface area (Å²) >= 11 is 0. The Labute approximate surface area is 166 Å². The Morgan fingerprint density at radius 3 is 2.50 bits per heavy atom. The van der Waals surface area contributed by atoms with Gasteiger partial charge in [0.2, 0.25) is 0 Å². The molecule has 0 aliphatic carbocycles. The van der Waals surface area contributed by atoms with Crippen LogP contribution in [0.2, 0.25) is 0 Å². The zero-order valence-corrected chi connectivity index (χ0v) is 16.5. The van der Waals surface area contributed by atoms with Crippen LogP contribution in [0.4, 0.5) is 5.69 Å². The van der Waals surface area contributed by atoms with E-state index in [4.69, 9.17) is 0 Å². The van der Waals surface area contributed by atoms with Gasteiger partial charge < -0.3 is 10.2 Å². The lowest BCUT2D eigenvalue weighted by Gasteiger charge is -2.34. The predicted molar refractivity (Wildman–Crippen MR) is 112 cm³/mol. The van der Waals surface area contributed by atoms with Gasteiger partial charge in [0, 0.05) is 44.6 Å². The molecule has 1 aliphatic heterocycles. The number of rotatable bonds is 5. The third-order valence-corrected chi connectivity index (χ3v) is 5.02. The summed E-state index contributed by atoms with van der Waals surface area (Å²) in [4.78, 5) is 16.8. The largest absolute Gasteiger partial charge is 0.360 e. The van der Waals surface area contributed by atoms with Gasteiger partial charge in [0.1, 0.15) is 11.6 Å². The fraction of sp³-hybridized carbons (Fsp3) is 0.304. The van der Waals surface area contributed by atoms with Gasteiger partial charge in [-0.2, -0.15) is 5.26 Å². The van der Waals surface area contributed by atoms with Crippen molar-refractivity contribution in [2.24, 2.45) is 0 Å². The number of piperazine rings is 1. The van der Waals surface area contributed by atoms with Crippen LogP contribution in [0.15, 0.2) is 60.3 Å². The molecule has 1 fully saturated rings. The first kappa shape index (κ1) is 19.7. The van der Waals surface area contributed by atoms with Gasteiger partial charge in [-0.3, -0.25) is 9.69 Å². The molecule has 1 aliphatic rings. The average Bonchev–Trinajstić information content (AvgIpc) is 2.72. The minimum absolute atomic E-state index is 0.136. The van der Waals surface area contributed by atoms with Crippen molar-refractivity contribution in [2.75, 3.05) is 31.5 Å². The molecule has 2 aromatic carbocycles. The second-order valence-electron chi connectivity index (χ2n) is 7.19. The Hall–Kier alpha value is -3.10. The minimum Gasteiger partial charge on any atom is -0.360 e. The van der Waals surface area contributed by atoms with Crippen molar-refractivity contribution in [3.05, 3.63) is 77.0 Å². The Kier molecular flexibility index (Phi) is 6.46. The molecule has 1 heterocycles. The van der Waals surface area contributed by atoms with E-state index < -0.39 is 0 Å². The van der Waals surface area contributed by atoms with Crippen molar-refractivity contribution in [1.82, 2.24) is 9.80 Å². The zero-order chi connectivity index (χ0) is 19.9. The first-order chi connectivity index (χ1) is 13.6. The summed E-state index contributed by atoms with van der Waals surface area (Å²) < 4.78 is 0.